The topological polar surface area (TPSA) is 56.3 Å². The van der Waals surface area contributed by atoms with Crippen LogP contribution in [-0.4, -0.2) is 22.0 Å². The van der Waals surface area contributed by atoms with Crippen molar-refractivity contribution in [2.45, 2.75) is 23.1 Å². The smallest absolute Gasteiger partial charge is 0.231 e. The Bertz CT molecular complexity index is 1070. The molecule has 0 fully saturated rings. The largest absolute Gasteiger partial charge is 0.454 e. The first-order valence-corrected chi connectivity index (χ1v) is 10.2. The second-order valence-corrected chi connectivity index (χ2v) is 8.06. The molecule has 0 amide bonds. The van der Waals surface area contributed by atoms with Crippen molar-refractivity contribution in [2.75, 3.05) is 12.1 Å². The molecule has 1 unspecified atom stereocenters. The number of aromatic nitrogens is 2. The second kappa shape index (κ2) is 7.75. The Morgan fingerprint density at radius 3 is 2.86 bits per heavy atom. The van der Waals surface area contributed by atoms with E-state index in [-0.39, 0.29) is 17.9 Å². The number of ether oxygens (including phenoxy) is 2. The van der Waals surface area contributed by atoms with Crippen molar-refractivity contribution in [1.82, 2.24) is 9.97 Å². The maximum atomic E-state index is 13.0. The van der Waals surface area contributed by atoms with Gasteiger partial charge in [0.2, 0.25) is 6.79 Å². The molecular formula is C22H18FN3O2S. The van der Waals surface area contributed by atoms with E-state index in [0.717, 1.165) is 45.5 Å². The summed E-state index contributed by atoms with van der Waals surface area (Å²) in [5.41, 5.74) is 3.12. The summed E-state index contributed by atoms with van der Waals surface area (Å²) in [6.45, 7) is 0.909. The van der Waals surface area contributed by atoms with Gasteiger partial charge in [0, 0.05) is 18.2 Å². The fourth-order valence-corrected chi connectivity index (χ4v) is 4.54. The lowest BCUT2D eigenvalue weighted by Gasteiger charge is -2.09. The molecule has 1 N–H and O–H groups in total. The number of nitrogens with zero attached hydrogens (tertiary/aromatic N) is 2. The Balaban J connectivity index is 1.26. The molecule has 1 aromatic heterocycles. The lowest BCUT2D eigenvalue weighted by molar-refractivity contribution is 0.174. The Morgan fingerprint density at radius 2 is 1.97 bits per heavy atom. The molecule has 0 radical (unpaired) electrons. The summed E-state index contributed by atoms with van der Waals surface area (Å²) in [4.78, 5) is 9.97. The fraction of sp³-hybridized carbons (Fsp3) is 0.182. The van der Waals surface area contributed by atoms with Crippen LogP contribution in [-0.2, 0) is 13.0 Å². The van der Waals surface area contributed by atoms with Crippen LogP contribution in [0.5, 0.6) is 11.5 Å². The second-order valence-electron chi connectivity index (χ2n) is 6.81. The van der Waals surface area contributed by atoms with Crippen LogP contribution in [0.4, 0.5) is 10.2 Å². The number of thioether (sulfide) groups is 1. The molecule has 0 saturated carbocycles. The van der Waals surface area contributed by atoms with Crippen LogP contribution in [0, 0.1) is 5.82 Å². The molecule has 0 bridgehead atoms. The molecule has 146 valence electrons. The summed E-state index contributed by atoms with van der Waals surface area (Å²) >= 11 is 1.75. The van der Waals surface area contributed by atoms with Crippen LogP contribution in [0.25, 0.3) is 6.08 Å². The summed E-state index contributed by atoms with van der Waals surface area (Å²) in [7, 11) is 0. The van der Waals surface area contributed by atoms with Crippen molar-refractivity contribution in [3.63, 3.8) is 0 Å². The van der Waals surface area contributed by atoms with E-state index in [1.807, 2.05) is 24.3 Å². The van der Waals surface area contributed by atoms with Crippen LogP contribution in [0.2, 0.25) is 0 Å². The van der Waals surface area contributed by atoms with Gasteiger partial charge in [0.05, 0.1) is 10.6 Å². The highest BCUT2D eigenvalue weighted by molar-refractivity contribution is 8.00. The molecule has 7 heteroatoms. The third-order valence-corrected chi connectivity index (χ3v) is 6.10. The maximum absolute atomic E-state index is 13.0. The average Bonchev–Trinajstić information content (AvgIpc) is 3.38. The zero-order valence-corrected chi connectivity index (χ0v) is 16.3. The molecule has 5 rings (SSSR count). The minimum atomic E-state index is -0.224. The van der Waals surface area contributed by atoms with Crippen molar-refractivity contribution in [1.29, 1.82) is 0 Å². The third-order valence-electron chi connectivity index (χ3n) is 4.81. The normalized spacial score (nSPS) is 16.9. The number of hydrogen-bond acceptors (Lipinski definition) is 6. The molecule has 0 saturated heterocycles. The van der Waals surface area contributed by atoms with E-state index in [2.05, 4.69) is 21.4 Å². The molecule has 1 atom stereocenters. The minimum absolute atomic E-state index is 0.224. The van der Waals surface area contributed by atoms with Crippen LogP contribution >= 0.6 is 11.8 Å². The first kappa shape index (κ1) is 18.0. The summed E-state index contributed by atoms with van der Waals surface area (Å²) in [5.74, 6) is 2.18. The van der Waals surface area contributed by atoms with E-state index >= 15 is 0 Å². The average molecular weight is 407 g/mol. The third kappa shape index (κ3) is 3.91. The molecule has 0 spiro atoms. The SMILES string of the molecule is Fc1ccc(/C=C/C2Cc3ncnc(NCc4ccc5c(c4)OCO5)c3S2)cc1. The van der Waals surface area contributed by atoms with Gasteiger partial charge in [-0.05, 0) is 35.4 Å². The maximum Gasteiger partial charge on any atom is 0.231 e. The Morgan fingerprint density at radius 1 is 1.10 bits per heavy atom. The molecule has 3 heterocycles. The Labute approximate surface area is 172 Å². The molecule has 2 aliphatic rings. The minimum Gasteiger partial charge on any atom is -0.454 e. The highest BCUT2D eigenvalue weighted by Gasteiger charge is 2.25. The van der Waals surface area contributed by atoms with Crippen LogP contribution < -0.4 is 14.8 Å². The van der Waals surface area contributed by atoms with Gasteiger partial charge in [-0.2, -0.15) is 0 Å². The molecule has 2 aromatic carbocycles. The predicted molar refractivity (Wildman–Crippen MR) is 111 cm³/mol. The van der Waals surface area contributed by atoms with Crippen molar-refractivity contribution < 1.29 is 13.9 Å². The van der Waals surface area contributed by atoms with Gasteiger partial charge in [-0.3, -0.25) is 0 Å². The van der Waals surface area contributed by atoms with Crippen molar-refractivity contribution in [3.05, 3.63) is 77.5 Å². The summed E-state index contributed by atoms with van der Waals surface area (Å²) in [5, 5.41) is 3.69. The predicted octanol–water partition coefficient (Wildman–Crippen LogP) is 4.69. The van der Waals surface area contributed by atoms with Crippen molar-refractivity contribution >= 4 is 23.7 Å². The van der Waals surface area contributed by atoms with Gasteiger partial charge < -0.3 is 14.8 Å². The molecule has 5 nitrogen and oxygen atoms in total. The lowest BCUT2D eigenvalue weighted by Crippen LogP contribution is -2.04. The summed E-state index contributed by atoms with van der Waals surface area (Å²) in [6, 6.07) is 12.4. The van der Waals surface area contributed by atoms with Gasteiger partial charge in [0.15, 0.2) is 11.5 Å². The van der Waals surface area contributed by atoms with E-state index in [4.69, 9.17) is 9.47 Å². The molecule has 2 aliphatic heterocycles. The Hall–Kier alpha value is -3.06. The fourth-order valence-electron chi connectivity index (χ4n) is 3.33. The van der Waals surface area contributed by atoms with Gasteiger partial charge >= 0.3 is 0 Å². The number of rotatable bonds is 5. The highest BCUT2D eigenvalue weighted by Crippen LogP contribution is 2.41. The van der Waals surface area contributed by atoms with Crippen LogP contribution in [0.15, 0.2) is 59.8 Å². The standard InChI is InChI=1S/C22H18FN3O2S/c23-16-5-1-14(2-6-16)3-7-17-10-18-21(29-17)22(26-12-25-18)24-11-15-4-8-19-20(9-15)28-13-27-19/h1-9,12,17H,10-11,13H2,(H,24,25,26)/b7-3+. The lowest BCUT2D eigenvalue weighted by atomic mass is 10.1. The molecular weight excluding hydrogens is 389 g/mol. The van der Waals surface area contributed by atoms with Gasteiger partial charge in [-0.1, -0.05) is 30.4 Å². The zero-order valence-electron chi connectivity index (χ0n) is 15.5. The van der Waals surface area contributed by atoms with Crippen molar-refractivity contribution in [3.8, 4) is 11.5 Å². The number of fused-ring (bicyclic) bond motifs is 2. The van der Waals surface area contributed by atoms with E-state index in [1.165, 1.54) is 12.1 Å². The van der Waals surface area contributed by atoms with E-state index < -0.39 is 0 Å². The van der Waals surface area contributed by atoms with Gasteiger partial charge in [-0.15, -0.1) is 11.8 Å². The van der Waals surface area contributed by atoms with E-state index in [0.29, 0.717) is 6.54 Å². The molecule has 0 aliphatic carbocycles. The summed E-state index contributed by atoms with van der Waals surface area (Å²) < 4.78 is 23.8. The monoisotopic (exact) mass is 407 g/mol. The first-order valence-electron chi connectivity index (χ1n) is 9.31. The van der Waals surface area contributed by atoms with E-state index in [1.54, 1.807) is 30.2 Å². The van der Waals surface area contributed by atoms with E-state index in [9.17, 15) is 4.39 Å². The number of nitrogens with one attached hydrogen (secondary N) is 1. The van der Waals surface area contributed by atoms with Gasteiger partial charge in [-0.25, -0.2) is 14.4 Å². The Kier molecular flexibility index (Phi) is 4.81. The van der Waals surface area contributed by atoms with Gasteiger partial charge in [0.1, 0.15) is 18.0 Å². The highest BCUT2D eigenvalue weighted by atomic mass is 32.2. The quantitative estimate of drug-likeness (QED) is 0.662. The number of hydrogen-bond donors (Lipinski definition) is 1. The number of benzene rings is 2. The number of halogens is 1. The number of anilines is 1. The van der Waals surface area contributed by atoms with Crippen LogP contribution in [0.3, 0.4) is 0 Å². The molecule has 29 heavy (non-hydrogen) atoms. The first-order chi connectivity index (χ1) is 14.2. The summed E-state index contributed by atoms with van der Waals surface area (Å²) in [6.07, 6.45) is 6.61. The zero-order chi connectivity index (χ0) is 19.6. The molecule has 3 aromatic rings. The van der Waals surface area contributed by atoms with Crippen LogP contribution in [0.1, 0.15) is 16.8 Å². The van der Waals surface area contributed by atoms with Gasteiger partial charge in [0.25, 0.3) is 0 Å². The van der Waals surface area contributed by atoms with Crippen molar-refractivity contribution in [2.24, 2.45) is 0 Å².